The van der Waals surface area contributed by atoms with Crippen LogP contribution in [0.1, 0.15) is 33.3 Å². The first-order valence-corrected chi connectivity index (χ1v) is 8.62. The van der Waals surface area contributed by atoms with Gasteiger partial charge in [-0.15, -0.1) is 11.8 Å². The van der Waals surface area contributed by atoms with Crippen LogP contribution in [0, 0.1) is 0 Å². The minimum absolute atomic E-state index is 0.0287. The minimum atomic E-state index is -0.413. The summed E-state index contributed by atoms with van der Waals surface area (Å²) >= 11 is 1.71. The molecule has 21 heavy (non-hydrogen) atoms. The zero-order chi connectivity index (χ0) is 16.4. The third-order valence-electron chi connectivity index (χ3n) is 2.84. The van der Waals surface area contributed by atoms with Crippen LogP contribution in [0.4, 0.5) is 0 Å². The minimum Gasteiger partial charge on any atom is -0.511 e. The molecule has 0 radical (unpaired) electrons. The van der Waals surface area contributed by atoms with E-state index in [0.717, 1.165) is 11.1 Å². The largest absolute Gasteiger partial charge is 0.511 e. The van der Waals surface area contributed by atoms with E-state index in [0.29, 0.717) is 6.42 Å². The number of aliphatic hydroxyl groups excluding tert-OH is 1. The first-order chi connectivity index (χ1) is 10.1. The molecule has 1 unspecified atom stereocenters. The normalized spacial score (nSPS) is 11.0. The monoisotopic (exact) mass is 308 g/mol. The maximum atomic E-state index is 9.28. The van der Waals surface area contributed by atoms with E-state index in [1.807, 2.05) is 46.0 Å². The summed E-state index contributed by atoms with van der Waals surface area (Å²) in [5, 5.41) is 10.5. The summed E-state index contributed by atoms with van der Waals surface area (Å²) in [7, 11) is 0. The van der Waals surface area contributed by atoms with Crippen molar-refractivity contribution in [3.05, 3.63) is 42.3 Å². The van der Waals surface area contributed by atoms with Gasteiger partial charge in [-0.1, -0.05) is 40.3 Å². The first-order valence-electron chi connectivity index (χ1n) is 7.39. The molecule has 0 aliphatic carbocycles. The summed E-state index contributed by atoms with van der Waals surface area (Å²) in [6.45, 7) is 11.5. The van der Waals surface area contributed by atoms with Crippen LogP contribution in [0.25, 0.3) is 10.9 Å². The Hall–Kier alpha value is -1.39. The van der Waals surface area contributed by atoms with Gasteiger partial charge >= 0.3 is 0 Å². The lowest BCUT2D eigenvalue weighted by Crippen LogP contribution is -2.24. The van der Waals surface area contributed by atoms with E-state index < -0.39 is 6.04 Å². The summed E-state index contributed by atoms with van der Waals surface area (Å²) in [5.74, 6) is 0.0287. The van der Waals surface area contributed by atoms with Gasteiger partial charge in [0.25, 0.3) is 0 Å². The van der Waals surface area contributed by atoms with Crippen LogP contribution in [0.3, 0.4) is 0 Å². The first kappa shape index (κ1) is 19.6. The van der Waals surface area contributed by atoms with E-state index in [-0.39, 0.29) is 5.76 Å². The Kier molecular flexibility index (Phi) is 9.67. The molecule has 118 valence electrons. The maximum absolute atomic E-state index is 9.28. The van der Waals surface area contributed by atoms with E-state index in [1.165, 1.54) is 10.3 Å². The fraction of sp³-hybridized carbons (Fsp3) is 0.412. The zero-order valence-electron chi connectivity index (χ0n) is 13.7. The predicted molar refractivity (Wildman–Crippen MR) is 96.2 cm³/mol. The molecule has 4 N–H and O–H groups in total. The lowest BCUT2D eigenvalue weighted by atomic mass is 10.0. The highest BCUT2D eigenvalue weighted by atomic mass is 32.2. The van der Waals surface area contributed by atoms with Gasteiger partial charge < -0.3 is 15.8 Å². The van der Waals surface area contributed by atoms with E-state index in [1.54, 1.807) is 11.8 Å². The topological polar surface area (TPSA) is 62.0 Å². The van der Waals surface area contributed by atoms with Gasteiger partial charge in [0.15, 0.2) is 0 Å². The van der Waals surface area contributed by atoms with Crippen molar-refractivity contribution in [1.82, 2.24) is 4.98 Å². The van der Waals surface area contributed by atoms with Crippen molar-refractivity contribution < 1.29 is 5.11 Å². The summed E-state index contributed by atoms with van der Waals surface area (Å²) in [5.41, 5.74) is 8.04. The average Bonchev–Trinajstić information content (AvgIpc) is 2.94. The predicted octanol–water partition coefficient (Wildman–Crippen LogP) is 4.88. The number of aromatic amines is 1. The van der Waals surface area contributed by atoms with E-state index in [4.69, 9.17) is 5.73 Å². The zero-order valence-corrected chi connectivity index (χ0v) is 14.6. The van der Waals surface area contributed by atoms with E-state index in [9.17, 15) is 5.11 Å². The van der Waals surface area contributed by atoms with Crippen molar-refractivity contribution in [1.29, 1.82) is 0 Å². The molecule has 0 aliphatic rings. The van der Waals surface area contributed by atoms with Crippen molar-refractivity contribution in [3.63, 3.8) is 0 Å². The highest BCUT2D eigenvalue weighted by molar-refractivity contribution is 7.98. The van der Waals surface area contributed by atoms with Crippen LogP contribution in [-0.4, -0.2) is 22.4 Å². The summed E-state index contributed by atoms with van der Waals surface area (Å²) in [6, 6.07) is 5.74. The molecule has 1 aromatic carbocycles. The molecule has 0 amide bonds. The molecule has 0 saturated carbocycles. The van der Waals surface area contributed by atoms with Crippen LogP contribution in [0.2, 0.25) is 0 Å². The van der Waals surface area contributed by atoms with Gasteiger partial charge in [-0.2, -0.15) is 0 Å². The molecular formula is C17H28N2OS. The number of hydrogen-bond donors (Lipinski definition) is 3. The highest BCUT2D eigenvalue weighted by Gasteiger charge is 2.13. The number of hydrogen-bond acceptors (Lipinski definition) is 3. The Morgan fingerprint density at radius 2 is 1.95 bits per heavy atom. The quantitative estimate of drug-likeness (QED) is 0.557. The average molecular weight is 308 g/mol. The third-order valence-corrected chi connectivity index (χ3v) is 3.62. The standard InChI is InChI=1S/C13H16N2OS.2C2H6/c1-8(16)10(14)6-9-7-15-11-4-3-5-12(17-2)13(9)11;2*1-2/h3-5,7,10,15-16H,1,6,14H2,2H3;2*1-2H3. The second-order valence-electron chi connectivity index (χ2n) is 4.00. The van der Waals surface area contributed by atoms with Gasteiger partial charge in [-0.05, 0) is 30.4 Å². The second kappa shape index (κ2) is 10.4. The van der Waals surface area contributed by atoms with Crippen molar-refractivity contribution in [2.24, 2.45) is 5.73 Å². The van der Waals surface area contributed by atoms with Crippen molar-refractivity contribution in [2.75, 3.05) is 6.26 Å². The smallest absolute Gasteiger partial charge is 0.102 e. The number of fused-ring (bicyclic) bond motifs is 1. The molecule has 3 nitrogen and oxygen atoms in total. The molecule has 0 spiro atoms. The number of rotatable bonds is 4. The molecule has 1 heterocycles. The Balaban J connectivity index is 0.000000921. The maximum Gasteiger partial charge on any atom is 0.102 e. The molecule has 0 bridgehead atoms. The number of nitrogens with one attached hydrogen (secondary N) is 1. The molecule has 0 fully saturated rings. The number of thioether (sulfide) groups is 1. The number of nitrogens with two attached hydrogens (primary N) is 1. The summed E-state index contributed by atoms with van der Waals surface area (Å²) in [6.07, 6.45) is 4.59. The number of H-pyrrole nitrogens is 1. The van der Waals surface area contributed by atoms with Gasteiger partial charge in [0.2, 0.25) is 0 Å². The molecule has 4 heteroatoms. The van der Waals surface area contributed by atoms with Gasteiger partial charge in [-0.25, -0.2) is 0 Å². The summed E-state index contributed by atoms with van der Waals surface area (Å²) in [4.78, 5) is 4.44. The molecule has 1 aromatic heterocycles. The van der Waals surface area contributed by atoms with Crippen LogP contribution < -0.4 is 5.73 Å². The lowest BCUT2D eigenvalue weighted by molar-refractivity contribution is 0.369. The Bertz CT molecular complexity index is 549. The fourth-order valence-corrected chi connectivity index (χ4v) is 2.57. The van der Waals surface area contributed by atoms with Crippen LogP contribution in [-0.2, 0) is 6.42 Å². The molecule has 0 saturated heterocycles. The van der Waals surface area contributed by atoms with Crippen molar-refractivity contribution >= 4 is 22.7 Å². The molecular weight excluding hydrogens is 280 g/mol. The molecule has 2 rings (SSSR count). The highest BCUT2D eigenvalue weighted by Crippen LogP contribution is 2.29. The number of aliphatic hydroxyl groups is 1. The van der Waals surface area contributed by atoms with E-state index in [2.05, 4.69) is 23.9 Å². The van der Waals surface area contributed by atoms with Gasteiger partial charge in [0.1, 0.15) is 5.76 Å². The SMILES string of the molecule is C=C(O)C(N)Cc1c[nH]c2cccc(SC)c12.CC.CC. The van der Waals surface area contributed by atoms with Gasteiger partial charge in [0.05, 0.1) is 6.04 Å². The van der Waals surface area contributed by atoms with Gasteiger partial charge in [0, 0.05) is 22.0 Å². The Morgan fingerprint density at radius 3 is 2.48 bits per heavy atom. The molecule has 1 atom stereocenters. The van der Waals surface area contributed by atoms with Crippen LogP contribution >= 0.6 is 11.8 Å². The van der Waals surface area contributed by atoms with Crippen LogP contribution in [0.15, 0.2) is 41.6 Å². The van der Waals surface area contributed by atoms with Crippen LogP contribution in [0.5, 0.6) is 0 Å². The number of benzene rings is 1. The third kappa shape index (κ3) is 5.14. The van der Waals surface area contributed by atoms with Gasteiger partial charge in [-0.3, -0.25) is 0 Å². The Labute approximate surface area is 132 Å². The number of aromatic nitrogens is 1. The molecule has 2 aromatic rings. The molecule has 0 aliphatic heterocycles. The summed E-state index contributed by atoms with van der Waals surface area (Å²) < 4.78 is 0. The fourth-order valence-electron chi connectivity index (χ4n) is 1.91. The van der Waals surface area contributed by atoms with Crippen molar-refractivity contribution in [3.8, 4) is 0 Å². The van der Waals surface area contributed by atoms with E-state index >= 15 is 0 Å². The van der Waals surface area contributed by atoms with Crippen molar-refractivity contribution in [2.45, 2.75) is 45.1 Å². The Morgan fingerprint density at radius 1 is 1.33 bits per heavy atom. The second-order valence-corrected chi connectivity index (χ2v) is 4.85. The lowest BCUT2D eigenvalue weighted by Gasteiger charge is -2.09.